The van der Waals surface area contributed by atoms with Gasteiger partial charge in [-0.2, -0.15) is 0 Å². The SMILES string of the molecule is CCOC(=O)C(Cc1ccc(OC)c(OCc2ccccc2)c1)C(C)=O. The van der Waals surface area contributed by atoms with Crippen molar-refractivity contribution in [2.75, 3.05) is 13.7 Å². The highest BCUT2D eigenvalue weighted by atomic mass is 16.5. The van der Waals surface area contributed by atoms with Crippen molar-refractivity contribution in [1.29, 1.82) is 0 Å². The average Bonchev–Trinajstić information content (AvgIpc) is 2.65. The molecule has 0 fully saturated rings. The van der Waals surface area contributed by atoms with Gasteiger partial charge in [0.25, 0.3) is 0 Å². The van der Waals surface area contributed by atoms with Gasteiger partial charge in [-0.1, -0.05) is 36.4 Å². The van der Waals surface area contributed by atoms with Gasteiger partial charge in [-0.3, -0.25) is 9.59 Å². The van der Waals surface area contributed by atoms with Crippen molar-refractivity contribution >= 4 is 11.8 Å². The van der Waals surface area contributed by atoms with E-state index in [0.717, 1.165) is 11.1 Å². The van der Waals surface area contributed by atoms with Crippen LogP contribution in [0.25, 0.3) is 0 Å². The lowest BCUT2D eigenvalue weighted by molar-refractivity contribution is -0.151. The number of carbonyl (C=O) groups excluding carboxylic acids is 2. The molecule has 2 rings (SSSR count). The van der Waals surface area contributed by atoms with E-state index in [0.29, 0.717) is 18.1 Å². The summed E-state index contributed by atoms with van der Waals surface area (Å²) in [6.45, 7) is 3.77. The van der Waals surface area contributed by atoms with Gasteiger partial charge < -0.3 is 14.2 Å². The smallest absolute Gasteiger partial charge is 0.316 e. The molecule has 0 heterocycles. The maximum Gasteiger partial charge on any atom is 0.316 e. The Morgan fingerprint density at radius 3 is 2.35 bits per heavy atom. The summed E-state index contributed by atoms with van der Waals surface area (Å²) in [6.07, 6.45) is 0.264. The number of Topliss-reactive ketones (excluding diaryl/α,β-unsaturated/α-hetero) is 1. The van der Waals surface area contributed by atoms with E-state index < -0.39 is 11.9 Å². The van der Waals surface area contributed by atoms with Crippen LogP contribution >= 0.6 is 0 Å². The fourth-order valence-corrected chi connectivity index (χ4v) is 2.57. The van der Waals surface area contributed by atoms with E-state index in [1.54, 1.807) is 26.2 Å². The number of hydrogen-bond acceptors (Lipinski definition) is 5. The molecular weight excluding hydrogens is 332 g/mol. The second-order valence-corrected chi connectivity index (χ2v) is 5.88. The fourth-order valence-electron chi connectivity index (χ4n) is 2.57. The topological polar surface area (TPSA) is 61.8 Å². The summed E-state index contributed by atoms with van der Waals surface area (Å²) in [5.41, 5.74) is 1.84. The molecule has 5 nitrogen and oxygen atoms in total. The monoisotopic (exact) mass is 356 g/mol. The van der Waals surface area contributed by atoms with Crippen LogP contribution in [0.1, 0.15) is 25.0 Å². The molecule has 0 amide bonds. The summed E-state index contributed by atoms with van der Waals surface area (Å²) in [6, 6.07) is 15.2. The zero-order chi connectivity index (χ0) is 18.9. The van der Waals surface area contributed by atoms with E-state index in [4.69, 9.17) is 14.2 Å². The maximum absolute atomic E-state index is 12.0. The number of ether oxygens (including phenoxy) is 3. The molecule has 0 saturated carbocycles. The highest BCUT2D eigenvalue weighted by Gasteiger charge is 2.25. The Bertz CT molecular complexity index is 739. The van der Waals surface area contributed by atoms with Gasteiger partial charge in [0, 0.05) is 0 Å². The third-order valence-electron chi connectivity index (χ3n) is 3.97. The molecule has 0 spiro atoms. The normalized spacial score (nSPS) is 11.5. The van der Waals surface area contributed by atoms with Crippen LogP contribution in [0.2, 0.25) is 0 Å². The van der Waals surface area contributed by atoms with E-state index in [2.05, 4.69) is 0 Å². The van der Waals surface area contributed by atoms with E-state index in [-0.39, 0.29) is 18.8 Å². The van der Waals surface area contributed by atoms with Crippen LogP contribution in [-0.4, -0.2) is 25.5 Å². The van der Waals surface area contributed by atoms with Crippen LogP contribution in [0.15, 0.2) is 48.5 Å². The number of carbonyl (C=O) groups is 2. The number of benzene rings is 2. The maximum atomic E-state index is 12.0. The molecule has 2 aromatic carbocycles. The molecule has 0 aliphatic heterocycles. The van der Waals surface area contributed by atoms with Crippen LogP contribution in [0.4, 0.5) is 0 Å². The fraction of sp³-hybridized carbons (Fsp3) is 0.333. The second-order valence-electron chi connectivity index (χ2n) is 5.88. The molecule has 0 radical (unpaired) electrons. The summed E-state index contributed by atoms with van der Waals surface area (Å²) in [7, 11) is 1.57. The molecule has 1 unspecified atom stereocenters. The Balaban J connectivity index is 2.16. The lowest BCUT2D eigenvalue weighted by Gasteiger charge is -2.15. The summed E-state index contributed by atoms with van der Waals surface area (Å²) in [5, 5.41) is 0. The van der Waals surface area contributed by atoms with E-state index >= 15 is 0 Å². The molecule has 0 aromatic heterocycles. The quantitative estimate of drug-likeness (QED) is 0.508. The highest BCUT2D eigenvalue weighted by Crippen LogP contribution is 2.30. The molecule has 1 atom stereocenters. The second kappa shape index (κ2) is 9.61. The van der Waals surface area contributed by atoms with E-state index in [1.165, 1.54) is 6.92 Å². The van der Waals surface area contributed by atoms with Crippen LogP contribution < -0.4 is 9.47 Å². The van der Waals surface area contributed by atoms with Gasteiger partial charge in [-0.05, 0) is 43.5 Å². The van der Waals surface area contributed by atoms with Crippen molar-refractivity contribution in [2.24, 2.45) is 5.92 Å². The predicted octanol–water partition coefficient (Wildman–Crippen LogP) is 3.59. The van der Waals surface area contributed by atoms with Crippen molar-refractivity contribution in [2.45, 2.75) is 26.9 Å². The first-order chi connectivity index (χ1) is 12.5. The third-order valence-corrected chi connectivity index (χ3v) is 3.97. The lowest BCUT2D eigenvalue weighted by Crippen LogP contribution is -2.26. The Hall–Kier alpha value is -2.82. The first kappa shape index (κ1) is 19.5. The van der Waals surface area contributed by atoms with Crippen molar-refractivity contribution in [3.63, 3.8) is 0 Å². The van der Waals surface area contributed by atoms with E-state index in [9.17, 15) is 9.59 Å². The molecular formula is C21H24O5. The summed E-state index contributed by atoms with van der Waals surface area (Å²) >= 11 is 0. The van der Waals surface area contributed by atoms with Crippen LogP contribution in [0.5, 0.6) is 11.5 Å². The highest BCUT2D eigenvalue weighted by molar-refractivity contribution is 5.98. The first-order valence-electron chi connectivity index (χ1n) is 8.55. The summed E-state index contributed by atoms with van der Waals surface area (Å²) < 4.78 is 16.2. The molecule has 0 saturated heterocycles. The van der Waals surface area contributed by atoms with E-state index in [1.807, 2.05) is 36.4 Å². The molecule has 0 aliphatic carbocycles. The minimum Gasteiger partial charge on any atom is -0.493 e. The predicted molar refractivity (Wildman–Crippen MR) is 98.3 cm³/mol. The number of esters is 1. The van der Waals surface area contributed by atoms with Gasteiger partial charge in [0.05, 0.1) is 13.7 Å². The van der Waals surface area contributed by atoms with Crippen LogP contribution in [-0.2, 0) is 27.4 Å². The number of ketones is 1. The van der Waals surface area contributed by atoms with Crippen molar-refractivity contribution in [1.82, 2.24) is 0 Å². The number of rotatable bonds is 9. The minimum atomic E-state index is -0.815. The molecule has 0 bridgehead atoms. The zero-order valence-corrected chi connectivity index (χ0v) is 15.4. The number of hydrogen-bond donors (Lipinski definition) is 0. The molecule has 138 valence electrons. The molecule has 26 heavy (non-hydrogen) atoms. The van der Waals surface area contributed by atoms with Gasteiger partial charge in [-0.25, -0.2) is 0 Å². The Kier molecular flexibility index (Phi) is 7.21. The average molecular weight is 356 g/mol. The van der Waals surface area contributed by atoms with Crippen molar-refractivity contribution in [3.8, 4) is 11.5 Å². The Labute approximate surface area is 153 Å². The minimum absolute atomic E-state index is 0.217. The van der Waals surface area contributed by atoms with Crippen molar-refractivity contribution < 1.29 is 23.8 Å². The third kappa shape index (κ3) is 5.34. The Morgan fingerprint density at radius 2 is 1.73 bits per heavy atom. The zero-order valence-electron chi connectivity index (χ0n) is 15.4. The standard InChI is InChI=1S/C21H24O5/c1-4-25-21(23)18(15(2)22)12-17-10-11-19(24-3)20(13-17)26-14-16-8-6-5-7-9-16/h5-11,13,18H,4,12,14H2,1-3H3. The molecule has 0 N–H and O–H groups in total. The first-order valence-corrected chi connectivity index (χ1v) is 8.55. The van der Waals surface area contributed by atoms with Gasteiger partial charge in [0.15, 0.2) is 11.5 Å². The van der Waals surface area contributed by atoms with Gasteiger partial charge in [0.2, 0.25) is 0 Å². The largest absolute Gasteiger partial charge is 0.493 e. The molecule has 2 aromatic rings. The molecule has 0 aliphatic rings. The van der Waals surface area contributed by atoms with Gasteiger partial charge >= 0.3 is 5.97 Å². The summed E-state index contributed by atoms with van der Waals surface area (Å²) in [4.78, 5) is 23.8. The number of methoxy groups -OCH3 is 1. The van der Waals surface area contributed by atoms with Gasteiger partial charge in [0.1, 0.15) is 18.3 Å². The van der Waals surface area contributed by atoms with Crippen LogP contribution in [0, 0.1) is 5.92 Å². The molecule has 5 heteroatoms. The summed E-state index contributed by atoms with van der Waals surface area (Å²) in [5.74, 6) is -0.362. The lowest BCUT2D eigenvalue weighted by atomic mass is 9.96. The van der Waals surface area contributed by atoms with Crippen LogP contribution in [0.3, 0.4) is 0 Å². The van der Waals surface area contributed by atoms with Gasteiger partial charge in [-0.15, -0.1) is 0 Å². The Morgan fingerprint density at radius 1 is 1.00 bits per heavy atom. The van der Waals surface area contributed by atoms with Crippen molar-refractivity contribution in [3.05, 3.63) is 59.7 Å².